The first-order chi connectivity index (χ1) is 5.49. The summed E-state index contributed by atoms with van der Waals surface area (Å²) in [5.41, 5.74) is -0.546. The van der Waals surface area contributed by atoms with E-state index < -0.39 is 17.5 Å². The van der Waals surface area contributed by atoms with Gasteiger partial charge >= 0.3 is 5.97 Å². The molecule has 1 heterocycles. The lowest BCUT2D eigenvalue weighted by Gasteiger charge is -2.27. The average Bonchev–Trinajstić information content (AvgIpc) is 2.27. The number of aliphatic carboxylic acids is 1. The van der Waals surface area contributed by atoms with E-state index in [4.69, 9.17) is 9.84 Å². The van der Waals surface area contributed by atoms with E-state index in [1.807, 2.05) is 13.8 Å². The monoisotopic (exact) mass is 170 g/mol. The first-order valence-corrected chi connectivity index (χ1v) is 4.10. The molecule has 0 bridgehead atoms. The van der Waals surface area contributed by atoms with Crippen LogP contribution in [-0.2, 0) is 9.53 Å². The van der Waals surface area contributed by atoms with E-state index >= 15 is 0 Å². The second-order valence-corrected chi connectivity index (χ2v) is 3.36. The summed E-state index contributed by atoms with van der Waals surface area (Å²) in [5.74, 6) is -0.592. The van der Waals surface area contributed by atoms with Crippen molar-refractivity contribution in [1.82, 2.24) is 0 Å². The Balaban J connectivity index is 2.88. The van der Waals surface area contributed by atoms with E-state index in [1.165, 1.54) is 0 Å². The quantitative estimate of drug-likeness (QED) is 0.687. The second kappa shape index (κ2) is 2.81. The van der Waals surface area contributed by atoms with Gasteiger partial charge in [0.15, 0.2) is 0 Å². The molecular weight excluding hydrogens is 156 g/mol. The summed E-state index contributed by atoms with van der Waals surface area (Å²) in [7, 11) is 0. The highest BCUT2D eigenvalue weighted by Crippen LogP contribution is 2.35. The molecule has 12 heavy (non-hydrogen) atoms. The van der Waals surface area contributed by atoms with Crippen molar-refractivity contribution in [1.29, 1.82) is 0 Å². The zero-order chi connectivity index (χ0) is 9.35. The van der Waals surface area contributed by atoms with E-state index in [1.54, 1.807) is 13.0 Å². The van der Waals surface area contributed by atoms with Crippen LogP contribution < -0.4 is 0 Å². The molecule has 0 saturated heterocycles. The van der Waals surface area contributed by atoms with Crippen LogP contribution in [0.15, 0.2) is 11.8 Å². The Bertz CT molecular complexity index is 232. The normalized spacial score (nSPS) is 34.2. The van der Waals surface area contributed by atoms with E-state index in [2.05, 4.69) is 0 Å². The molecule has 1 rings (SSSR count). The van der Waals surface area contributed by atoms with Gasteiger partial charge in [-0.15, -0.1) is 0 Å². The molecule has 0 saturated carbocycles. The van der Waals surface area contributed by atoms with Gasteiger partial charge in [0.25, 0.3) is 0 Å². The minimum Gasteiger partial charge on any atom is -0.491 e. The van der Waals surface area contributed by atoms with Crippen LogP contribution in [0.1, 0.15) is 27.2 Å². The van der Waals surface area contributed by atoms with Crippen molar-refractivity contribution >= 4 is 5.97 Å². The maximum Gasteiger partial charge on any atom is 0.314 e. The Labute approximate surface area is 72.0 Å². The fraction of sp³-hybridized carbons (Fsp3) is 0.667. The highest BCUT2D eigenvalue weighted by Gasteiger charge is 2.42. The van der Waals surface area contributed by atoms with E-state index in [-0.39, 0.29) is 0 Å². The summed E-state index contributed by atoms with van der Waals surface area (Å²) in [6, 6.07) is 0. The standard InChI is InChI=1S/C9H14O3/c1-4-9(3)7(8(10)11)5-6(2)12-9/h5,7H,4H2,1-3H3,(H,10,11). The van der Waals surface area contributed by atoms with Gasteiger partial charge in [0.1, 0.15) is 11.5 Å². The highest BCUT2D eigenvalue weighted by molar-refractivity contribution is 5.74. The minimum atomic E-state index is -0.809. The number of hydrogen-bond acceptors (Lipinski definition) is 2. The second-order valence-electron chi connectivity index (χ2n) is 3.36. The zero-order valence-corrected chi connectivity index (χ0v) is 7.63. The van der Waals surface area contributed by atoms with E-state index in [0.29, 0.717) is 12.2 Å². The van der Waals surface area contributed by atoms with Crippen molar-refractivity contribution in [3.05, 3.63) is 11.8 Å². The number of carboxylic acids is 1. The molecule has 0 aliphatic carbocycles. The molecular formula is C9H14O3. The lowest BCUT2D eigenvalue weighted by atomic mass is 9.88. The van der Waals surface area contributed by atoms with Gasteiger partial charge in [0.2, 0.25) is 0 Å². The van der Waals surface area contributed by atoms with Crippen LogP contribution >= 0.6 is 0 Å². The molecule has 1 N–H and O–H groups in total. The van der Waals surface area contributed by atoms with Crippen LogP contribution in [0, 0.1) is 5.92 Å². The minimum absolute atomic E-state index is 0.498. The third kappa shape index (κ3) is 1.31. The summed E-state index contributed by atoms with van der Waals surface area (Å²) < 4.78 is 5.45. The molecule has 68 valence electrons. The molecule has 0 radical (unpaired) electrons. The molecule has 0 fully saturated rings. The van der Waals surface area contributed by atoms with E-state index in [9.17, 15) is 4.79 Å². The number of hydrogen-bond donors (Lipinski definition) is 1. The van der Waals surface area contributed by atoms with Gasteiger partial charge < -0.3 is 9.84 Å². The van der Waals surface area contributed by atoms with Gasteiger partial charge in [-0.3, -0.25) is 4.79 Å². The van der Waals surface area contributed by atoms with Crippen LogP contribution in [0.25, 0.3) is 0 Å². The maximum absolute atomic E-state index is 10.8. The Kier molecular flexibility index (Phi) is 2.13. The van der Waals surface area contributed by atoms with E-state index in [0.717, 1.165) is 0 Å². The number of carbonyl (C=O) groups is 1. The Morgan fingerprint density at radius 3 is 2.75 bits per heavy atom. The smallest absolute Gasteiger partial charge is 0.314 e. The number of allylic oxidation sites excluding steroid dienone is 1. The first kappa shape index (κ1) is 9.10. The first-order valence-electron chi connectivity index (χ1n) is 4.10. The summed E-state index contributed by atoms with van der Waals surface area (Å²) in [6.45, 7) is 5.55. The van der Waals surface area contributed by atoms with Crippen LogP contribution in [-0.4, -0.2) is 16.7 Å². The Hall–Kier alpha value is -0.990. The molecule has 1 aliphatic rings. The SMILES string of the molecule is CCC1(C)OC(C)=CC1C(=O)O. The molecule has 3 heteroatoms. The molecule has 3 nitrogen and oxygen atoms in total. The average molecular weight is 170 g/mol. The summed E-state index contributed by atoms with van der Waals surface area (Å²) in [6.07, 6.45) is 2.38. The van der Waals surface area contributed by atoms with Gasteiger partial charge in [-0.25, -0.2) is 0 Å². The van der Waals surface area contributed by atoms with Crippen molar-refractivity contribution in [2.45, 2.75) is 32.8 Å². The molecule has 1 aliphatic heterocycles. The Morgan fingerprint density at radius 1 is 1.83 bits per heavy atom. The van der Waals surface area contributed by atoms with Gasteiger partial charge in [-0.1, -0.05) is 6.92 Å². The number of carboxylic acid groups (broad SMARTS) is 1. The van der Waals surface area contributed by atoms with Crippen LogP contribution in [0.4, 0.5) is 0 Å². The number of ether oxygens (including phenoxy) is 1. The van der Waals surface area contributed by atoms with Crippen LogP contribution in [0.3, 0.4) is 0 Å². The van der Waals surface area contributed by atoms with Crippen molar-refractivity contribution in [3.63, 3.8) is 0 Å². The predicted molar refractivity (Wildman–Crippen MR) is 44.7 cm³/mol. The molecule has 0 aromatic rings. The topological polar surface area (TPSA) is 46.5 Å². The lowest BCUT2D eigenvalue weighted by molar-refractivity contribution is -0.146. The zero-order valence-electron chi connectivity index (χ0n) is 7.63. The van der Waals surface area contributed by atoms with Gasteiger partial charge in [0, 0.05) is 0 Å². The van der Waals surface area contributed by atoms with Crippen molar-refractivity contribution in [3.8, 4) is 0 Å². The molecule has 2 atom stereocenters. The Morgan fingerprint density at radius 2 is 2.42 bits per heavy atom. The summed E-state index contributed by atoms with van der Waals surface area (Å²) in [4.78, 5) is 10.8. The highest BCUT2D eigenvalue weighted by atomic mass is 16.5. The summed E-state index contributed by atoms with van der Waals surface area (Å²) >= 11 is 0. The largest absolute Gasteiger partial charge is 0.491 e. The molecule has 0 aromatic heterocycles. The number of rotatable bonds is 2. The van der Waals surface area contributed by atoms with Crippen LogP contribution in [0.5, 0.6) is 0 Å². The third-order valence-corrected chi connectivity index (χ3v) is 2.42. The third-order valence-electron chi connectivity index (χ3n) is 2.42. The van der Waals surface area contributed by atoms with Gasteiger partial charge in [-0.05, 0) is 26.3 Å². The predicted octanol–water partition coefficient (Wildman–Crippen LogP) is 1.79. The van der Waals surface area contributed by atoms with Crippen LogP contribution in [0.2, 0.25) is 0 Å². The maximum atomic E-state index is 10.8. The molecule has 2 unspecified atom stereocenters. The molecule has 0 amide bonds. The summed E-state index contributed by atoms with van der Waals surface area (Å²) in [5, 5.41) is 8.87. The fourth-order valence-electron chi connectivity index (χ4n) is 1.50. The van der Waals surface area contributed by atoms with Gasteiger partial charge in [0.05, 0.1) is 5.76 Å². The fourth-order valence-corrected chi connectivity index (χ4v) is 1.50. The molecule has 0 spiro atoms. The molecule has 0 aromatic carbocycles. The van der Waals surface area contributed by atoms with Gasteiger partial charge in [-0.2, -0.15) is 0 Å². The van der Waals surface area contributed by atoms with Crippen molar-refractivity contribution in [2.75, 3.05) is 0 Å². The lowest BCUT2D eigenvalue weighted by Crippen LogP contribution is -2.36. The van der Waals surface area contributed by atoms with Crippen molar-refractivity contribution in [2.24, 2.45) is 5.92 Å². The van der Waals surface area contributed by atoms with Crippen molar-refractivity contribution < 1.29 is 14.6 Å².